The van der Waals surface area contributed by atoms with E-state index in [1.54, 1.807) is 7.11 Å². The molecule has 3 nitrogen and oxygen atoms in total. The summed E-state index contributed by atoms with van der Waals surface area (Å²) in [7, 11) is 1.66. The quantitative estimate of drug-likeness (QED) is 0.839. The van der Waals surface area contributed by atoms with Crippen molar-refractivity contribution in [2.75, 3.05) is 7.11 Å². The lowest BCUT2D eigenvalue weighted by Crippen LogP contribution is -2.03. The van der Waals surface area contributed by atoms with Crippen LogP contribution in [0.4, 0.5) is 0 Å². The van der Waals surface area contributed by atoms with Gasteiger partial charge < -0.3 is 9.72 Å². The monoisotopic (exact) mass is 322 g/mol. The van der Waals surface area contributed by atoms with Crippen LogP contribution in [0.2, 0.25) is 0 Å². The Morgan fingerprint density at radius 3 is 2.81 bits per heavy atom. The van der Waals surface area contributed by atoms with Crippen molar-refractivity contribution in [1.29, 1.82) is 0 Å². The first-order valence-electron chi connectivity index (χ1n) is 4.92. The van der Waals surface area contributed by atoms with Crippen LogP contribution in [0.5, 0.6) is 0 Å². The average Bonchev–Trinajstić information content (AvgIpc) is 2.22. The summed E-state index contributed by atoms with van der Waals surface area (Å²) in [6, 6.07) is 0. The van der Waals surface area contributed by atoms with Gasteiger partial charge in [-0.05, 0) is 21.2 Å². The van der Waals surface area contributed by atoms with Gasteiger partial charge in [-0.1, -0.05) is 26.1 Å². The Balaban J connectivity index is 2.90. The molecular weight excluding hydrogens is 308 g/mol. The molecule has 16 heavy (non-hydrogen) atoms. The summed E-state index contributed by atoms with van der Waals surface area (Å²) in [6.07, 6.45) is 0. The number of aromatic amines is 1. The first-order chi connectivity index (χ1) is 7.54. The molecule has 1 aromatic rings. The van der Waals surface area contributed by atoms with Crippen molar-refractivity contribution in [3.63, 3.8) is 0 Å². The minimum atomic E-state index is 0.506. The van der Waals surface area contributed by atoms with Crippen molar-refractivity contribution >= 4 is 39.9 Å². The predicted molar refractivity (Wildman–Crippen MR) is 74.3 cm³/mol. The third-order valence-corrected chi connectivity index (χ3v) is 4.35. The number of nitrogens with one attached hydrogen (secondary N) is 1. The molecule has 0 unspecified atom stereocenters. The fourth-order valence-electron chi connectivity index (χ4n) is 1.12. The van der Waals surface area contributed by atoms with E-state index in [1.807, 2.05) is 11.8 Å². The van der Waals surface area contributed by atoms with Crippen molar-refractivity contribution in [3.8, 4) is 0 Å². The predicted octanol–water partition coefficient (Wildman–Crippen LogP) is 3.69. The van der Waals surface area contributed by atoms with Crippen molar-refractivity contribution in [3.05, 3.63) is 20.6 Å². The van der Waals surface area contributed by atoms with Crippen LogP contribution in [-0.4, -0.2) is 22.3 Å². The second-order valence-corrected chi connectivity index (χ2v) is 6.32. The molecule has 6 heteroatoms. The third kappa shape index (κ3) is 4.16. The molecule has 1 aromatic heterocycles. The number of rotatable bonds is 5. The molecule has 0 spiro atoms. The van der Waals surface area contributed by atoms with Crippen LogP contribution in [0, 0.1) is 4.64 Å². The molecule has 0 atom stereocenters. The van der Waals surface area contributed by atoms with Gasteiger partial charge in [-0.25, -0.2) is 4.98 Å². The molecule has 1 heterocycles. The standard InChI is InChI=1S/C10H15BrN2OS2/c1-6(2)16-5-8-12-7(4-14-3)9(11)10(15)13-8/h6H,4-5H2,1-3H3,(H,12,13,15). The lowest BCUT2D eigenvalue weighted by molar-refractivity contribution is 0.180. The summed E-state index contributed by atoms with van der Waals surface area (Å²) in [5.41, 5.74) is 0.946. The molecule has 0 radical (unpaired) electrons. The number of hydrogen-bond donors (Lipinski definition) is 1. The highest BCUT2D eigenvalue weighted by atomic mass is 79.9. The molecule has 0 aliphatic carbocycles. The Morgan fingerprint density at radius 2 is 2.25 bits per heavy atom. The fourth-order valence-corrected chi connectivity index (χ4v) is 2.28. The van der Waals surface area contributed by atoms with Crippen LogP contribution in [0.25, 0.3) is 0 Å². The molecule has 0 aliphatic rings. The highest BCUT2D eigenvalue weighted by molar-refractivity contribution is 9.10. The molecule has 0 saturated heterocycles. The molecule has 0 aromatic carbocycles. The number of hydrogen-bond acceptors (Lipinski definition) is 4. The zero-order valence-electron chi connectivity index (χ0n) is 9.54. The second-order valence-electron chi connectivity index (χ2n) is 3.57. The molecular formula is C10H15BrN2OS2. The minimum absolute atomic E-state index is 0.506. The van der Waals surface area contributed by atoms with Gasteiger partial charge in [0.05, 0.1) is 22.5 Å². The van der Waals surface area contributed by atoms with Crippen molar-refractivity contribution < 1.29 is 4.74 Å². The van der Waals surface area contributed by atoms with E-state index in [0.29, 0.717) is 16.5 Å². The molecule has 0 bridgehead atoms. The molecule has 0 aliphatic heterocycles. The number of methoxy groups -OCH3 is 1. The van der Waals surface area contributed by atoms with Gasteiger partial charge in [0.1, 0.15) is 10.5 Å². The van der Waals surface area contributed by atoms with Crippen LogP contribution in [0.15, 0.2) is 4.47 Å². The first-order valence-corrected chi connectivity index (χ1v) is 7.17. The van der Waals surface area contributed by atoms with Crippen LogP contribution in [0.3, 0.4) is 0 Å². The number of ether oxygens (including phenoxy) is 1. The Labute approximate surface area is 114 Å². The third-order valence-electron chi connectivity index (χ3n) is 1.83. The van der Waals surface area contributed by atoms with Crippen LogP contribution < -0.4 is 0 Å². The van der Waals surface area contributed by atoms with Crippen molar-refractivity contribution in [2.24, 2.45) is 0 Å². The number of nitrogens with zero attached hydrogens (tertiary/aromatic N) is 1. The summed E-state index contributed by atoms with van der Waals surface area (Å²) >= 11 is 10.4. The van der Waals surface area contributed by atoms with Gasteiger partial charge in [0.15, 0.2) is 0 Å². The lowest BCUT2D eigenvalue weighted by atomic mass is 10.4. The van der Waals surface area contributed by atoms with Crippen LogP contribution >= 0.6 is 39.9 Å². The lowest BCUT2D eigenvalue weighted by Gasteiger charge is -2.08. The van der Waals surface area contributed by atoms with Gasteiger partial charge in [-0.3, -0.25) is 0 Å². The zero-order valence-corrected chi connectivity index (χ0v) is 12.8. The number of H-pyrrole nitrogens is 1. The van der Waals surface area contributed by atoms with Crippen LogP contribution in [-0.2, 0) is 17.1 Å². The summed E-state index contributed by atoms with van der Waals surface area (Å²) in [5.74, 6) is 1.74. The van der Waals surface area contributed by atoms with E-state index < -0.39 is 0 Å². The normalized spacial score (nSPS) is 11.1. The Kier molecular flexibility index (Phi) is 5.96. The zero-order chi connectivity index (χ0) is 12.1. The molecule has 0 amide bonds. The molecule has 90 valence electrons. The molecule has 1 rings (SSSR count). The van der Waals surface area contributed by atoms with Crippen LogP contribution in [0.1, 0.15) is 25.4 Å². The first kappa shape index (κ1) is 14.2. The SMILES string of the molecule is COCc1[nH]c(CSC(C)C)nc(=S)c1Br. The summed E-state index contributed by atoms with van der Waals surface area (Å²) in [4.78, 5) is 7.56. The Bertz CT molecular complexity index is 406. The fraction of sp³-hybridized carbons (Fsp3) is 0.600. The van der Waals surface area contributed by atoms with Gasteiger partial charge in [-0.2, -0.15) is 11.8 Å². The van der Waals surface area contributed by atoms with E-state index in [1.165, 1.54) is 0 Å². The maximum absolute atomic E-state index is 5.18. The largest absolute Gasteiger partial charge is 0.378 e. The van der Waals surface area contributed by atoms with Gasteiger partial charge in [0, 0.05) is 7.11 Å². The van der Waals surface area contributed by atoms with Gasteiger partial charge in [-0.15, -0.1) is 0 Å². The number of thioether (sulfide) groups is 1. The summed E-state index contributed by atoms with van der Waals surface area (Å²) < 4.78 is 6.51. The maximum Gasteiger partial charge on any atom is 0.144 e. The van der Waals surface area contributed by atoms with E-state index in [2.05, 4.69) is 39.7 Å². The Morgan fingerprint density at radius 1 is 1.56 bits per heavy atom. The van der Waals surface area contributed by atoms with E-state index >= 15 is 0 Å². The highest BCUT2D eigenvalue weighted by Gasteiger charge is 2.06. The van der Waals surface area contributed by atoms with Gasteiger partial charge in [0.2, 0.25) is 0 Å². The minimum Gasteiger partial charge on any atom is -0.378 e. The van der Waals surface area contributed by atoms with E-state index in [4.69, 9.17) is 17.0 Å². The van der Waals surface area contributed by atoms with E-state index in [9.17, 15) is 0 Å². The van der Waals surface area contributed by atoms with Crippen molar-refractivity contribution in [2.45, 2.75) is 31.5 Å². The second kappa shape index (κ2) is 6.74. The highest BCUT2D eigenvalue weighted by Crippen LogP contribution is 2.20. The topological polar surface area (TPSA) is 37.9 Å². The van der Waals surface area contributed by atoms with E-state index in [-0.39, 0.29) is 0 Å². The summed E-state index contributed by atoms with van der Waals surface area (Å²) in [5, 5.41) is 0.582. The molecule has 1 N–H and O–H groups in total. The van der Waals surface area contributed by atoms with Gasteiger partial charge in [0.25, 0.3) is 0 Å². The van der Waals surface area contributed by atoms with Crippen molar-refractivity contribution in [1.82, 2.24) is 9.97 Å². The van der Waals surface area contributed by atoms with Gasteiger partial charge >= 0.3 is 0 Å². The number of aromatic nitrogens is 2. The number of halogens is 1. The summed E-state index contributed by atoms with van der Waals surface area (Å²) in [6.45, 7) is 4.83. The average molecular weight is 323 g/mol. The maximum atomic E-state index is 5.18. The molecule has 0 saturated carbocycles. The molecule has 0 fully saturated rings. The Hall–Kier alpha value is 0.0900. The smallest absolute Gasteiger partial charge is 0.144 e. The van der Waals surface area contributed by atoms with E-state index in [0.717, 1.165) is 21.7 Å².